The van der Waals surface area contributed by atoms with E-state index in [1.54, 1.807) is 0 Å². The van der Waals surface area contributed by atoms with E-state index in [0.717, 1.165) is 13.0 Å². The van der Waals surface area contributed by atoms with Gasteiger partial charge in [0.2, 0.25) is 0 Å². The van der Waals surface area contributed by atoms with Crippen molar-refractivity contribution in [2.45, 2.75) is 76.4 Å². The van der Waals surface area contributed by atoms with Gasteiger partial charge in [0.15, 0.2) is 0 Å². The van der Waals surface area contributed by atoms with Crippen LogP contribution in [0.25, 0.3) is 0 Å². The third-order valence-electron chi connectivity index (χ3n) is 5.18. The van der Waals surface area contributed by atoms with Crippen LogP contribution in [-0.4, -0.2) is 18.2 Å². The summed E-state index contributed by atoms with van der Waals surface area (Å²) in [6.07, 6.45) is 8.91. The van der Waals surface area contributed by atoms with E-state index in [4.69, 9.17) is 4.74 Å². The van der Waals surface area contributed by atoms with E-state index in [9.17, 15) is 0 Å². The van der Waals surface area contributed by atoms with Gasteiger partial charge < -0.3 is 10.1 Å². The van der Waals surface area contributed by atoms with Gasteiger partial charge in [-0.3, -0.25) is 0 Å². The molecule has 2 fully saturated rings. The molecule has 0 radical (unpaired) electrons. The van der Waals surface area contributed by atoms with Crippen molar-refractivity contribution in [3.63, 3.8) is 0 Å². The smallest absolute Gasteiger partial charge is 0.0702 e. The van der Waals surface area contributed by atoms with Gasteiger partial charge in [-0.2, -0.15) is 0 Å². The Hall–Kier alpha value is -1.02. The van der Waals surface area contributed by atoms with Gasteiger partial charge in [0.25, 0.3) is 0 Å². The lowest BCUT2D eigenvalue weighted by molar-refractivity contribution is -0.103. The number of nitrogens with one attached hydrogen (secondary N) is 1. The van der Waals surface area contributed by atoms with Gasteiger partial charge in [0, 0.05) is 18.3 Å². The number of rotatable bonds is 3. The first kappa shape index (κ1) is 14.9. The number of ether oxygens (including phenoxy) is 1. The molecule has 1 aromatic rings. The summed E-state index contributed by atoms with van der Waals surface area (Å²) in [5, 5.41) is 3.77. The Morgan fingerprint density at radius 1 is 1.19 bits per heavy atom. The van der Waals surface area contributed by atoms with Crippen molar-refractivity contribution in [3.8, 4) is 0 Å². The van der Waals surface area contributed by atoms with Gasteiger partial charge in [0.1, 0.15) is 0 Å². The molecule has 0 bridgehead atoms. The van der Waals surface area contributed by atoms with Crippen LogP contribution in [0.4, 0.5) is 5.69 Å². The second-order valence-corrected chi connectivity index (χ2v) is 7.21. The van der Waals surface area contributed by atoms with Gasteiger partial charge in [-0.15, -0.1) is 0 Å². The fourth-order valence-electron chi connectivity index (χ4n) is 3.92. The topological polar surface area (TPSA) is 21.3 Å². The van der Waals surface area contributed by atoms with Crippen LogP contribution in [0.2, 0.25) is 0 Å². The molecular formula is C19H29NO. The first-order valence-corrected chi connectivity index (χ1v) is 8.67. The summed E-state index contributed by atoms with van der Waals surface area (Å²) in [4.78, 5) is 0. The Kier molecular flexibility index (Phi) is 4.54. The van der Waals surface area contributed by atoms with E-state index in [1.807, 2.05) is 0 Å². The molecule has 0 amide bonds. The summed E-state index contributed by atoms with van der Waals surface area (Å²) in [5.41, 5.74) is 2.88. The van der Waals surface area contributed by atoms with Crippen LogP contribution in [0.15, 0.2) is 24.3 Å². The number of anilines is 1. The van der Waals surface area contributed by atoms with Gasteiger partial charge in [-0.1, -0.05) is 45.2 Å². The lowest BCUT2D eigenvalue weighted by Gasteiger charge is -2.44. The fourth-order valence-corrected chi connectivity index (χ4v) is 3.92. The van der Waals surface area contributed by atoms with Crippen molar-refractivity contribution >= 4 is 5.69 Å². The van der Waals surface area contributed by atoms with Crippen LogP contribution in [0.1, 0.15) is 70.3 Å². The zero-order valence-corrected chi connectivity index (χ0v) is 13.5. The summed E-state index contributed by atoms with van der Waals surface area (Å²) < 4.78 is 6.20. The van der Waals surface area contributed by atoms with Crippen molar-refractivity contribution in [2.24, 2.45) is 0 Å². The molecule has 1 saturated carbocycles. The number of hydrogen-bond acceptors (Lipinski definition) is 2. The van der Waals surface area contributed by atoms with E-state index in [0.29, 0.717) is 12.0 Å². The van der Waals surface area contributed by atoms with Crippen molar-refractivity contribution in [2.75, 3.05) is 11.9 Å². The molecule has 2 nitrogen and oxygen atoms in total. The van der Waals surface area contributed by atoms with Gasteiger partial charge in [0.05, 0.1) is 5.60 Å². The number of hydrogen-bond donors (Lipinski definition) is 1. The molecule has 1 unspecified atom stereocenters. The maximum absolute atomic E-state index is 6.20. The molecule has 2 aliphatic rings. The molecule has 1 aliphatic carbocycles. The first-order chi connectivity index (χ1) is 10.2. The molecule has 21 heavy (non-hydrogen) atoms. The maximum Gasteiger partial charge on any atom is 0.0702 e. The third kappa shape index (κ3) is 3.60. The minimum absolute atomic E-state index is 0.184. The summed E-state index contributed by atoms with van der Waals surface area (Å²) in [5.74, 6) is 0.589. The van der Waals surface area contributed by atoms with E-state index >= 15 is 0 Å². The van der Waals surface area contributed by atoms with Crippen LogP contribution in [0.5, 0.6) is 0 Å². The standard InChI is InChI=1S/C19H29NO/c1-15(2)16-7-6-8-17(13-16)20-18-9-12-21-19(14-18)10-4-3-5-11-19/h6-8,13,15,18,20H,3-5,9-12,14H2,1-2H3. The average Bonchev–Trinajstić information content (AvgIpc) is 2.48. The SMILES string of the molecule is CC(C)c1cccc(NC2CCOC3(CCCCC3)C2)c1. The van der Waals surface area contributed by atoms with E-state index < -0.39 is 0 Å². The van der Waals surface area contributed by atoms with Crippen LogP contribution in [0.3, 0.4) is 0 Å². The molecule has 1 heterocycles. The Bertz CT molecular complexity index is 457. The molecule has 1 aromatic carbocycles. The fraction of sp³-hybridized carbons (Fsp3) is 0.684. The Balaban J connectivity index is 1.65. The molecule has 1 aliphatic heterocycles. The van der Waals surface area contributed by atoms with Crippen molar-refractivity contribution in [1.29, 1.82) is 0 Å². The van der Waals surface area contributed by atoms with E-state index in [1.165, 1.54) is 49.8 Å². The zero-order chi connectivity index (χ0) is 14.7. The summed E-state index contributed by atoms with van der Waals surface area (Å²) >= 11 is 0. The zero-order valence-electron chi connectivity index (χ0n) is 13.5. The molecule has 0 aromatic heterocycles. The van der Waals surface area contributed by atoms with Crippen LogP contribution < -0.4 is 5.32 Å². The molecule has 1 spiro atoms. The molecule has 1 atom stereocenters. The van der Waals surface area contributed by atoms with Crippen LogP contribution in [-0.2, 0) is 4.74 Å². The highest BCUT2D eigenvalue weighted by atomic mass is 16.5. The normalized spacial score (nSPS) is 25.2. The predicted octanol–water partition coefficient (Wildman–Crippen LogP) is 5.10. The highest BCUT2D eigenvalue weighted by molar-refractivity contribution is 5.47. The summed E-state index contributed by atoms with van der Waals surface area (Å²) in [6, 6.07) is 9.48. The molecule has 116 valence electrons. The van der Waals surface area contributed by atoms with Crippen molar-refractivity contribution in [1.82, 2.24) is 0 Å². The van der Waals surface area contributed by atoms with Gasteiger partial charge in [-0.05, 0) is 49.3 Å². The Labute approximate surface area is 129 Å². The van der Waals surface area contributed by atoms with Crippen LogP contribution >= 0.6 is 0 Å². The quantitative estimate of drug-likeness (QED) is 0.834. The van der Waals surface area contributed by atoms with Crippen molar-refractivity contribution in [3.05, 3.63) is 29.8 Å². The Morgan fingerprint density at radius 3 is 2.76 bits per heavy atom. The second kappa shape index (κ2) is 6.39. The Morgan fingerprint density at radius 2 is 2.00 bits per heavy atom. The van der Waals surface area contributed by atoms with Gasteiger partial charge >= 0.3 is 0 Å². The highest BCUT2D eigenvalue weighted by Crippen LogP contribution is 2.39. The van der Waals surface area contributed by atoms with Crippen molar-refractivity contribution < 1.29 is 4.74 Å². The van der Waals surface area contributed by atoms with Crippen LogP contribution in [0, 0.1) is 0 Å². The number of benzene rings is 1. The first-order valence-electron chi connectivity index (χ1n) is 8.67. The van der Waals surface area contributed by atoms with Gasteiger partial charge in [-0.25, -0.2) is 0 Å². The third-order valence-corrected chi connectivity index (χ3v) is 5.18. The minimum Gasteiger partial charge on any atom is -0.382 e. The maximum atomic E-state index is 6.20. The summed E-state index contributed by atoms with van der Waals surface area (Å²) in [6.45, 7) is 5.43. The highest BCUT2D eigenvalue weighted by Gasteiger charge is 2.38. The molecule has 3 rings (SSSR count). The summed E-state index contributed by atoms with van der Waals surface area (Å²) in [7, 11) is 0. The molecule has 1 saturated heterocycles. The molecule has 1 N–H and O–H groups in total. The second-order valence-electron chi connectivity index (χ2n) is 7.21. The lowest BCUT2D eigenvalue weighted by Crippen LogP contribution is -2.45. The molecule has 2 heteroatoms. The lowest BCUT2D eigenvalue weighted by atomic mass is 9.78. The largest absolute Gasteiger partial charge is 0.382 e. The predicted molar refractivity (Wildman–Crippen MR) is 88.9 cm³/mol. The minimum atomic E-state index is 0.184. The van der Waals surface area contributed by atoms with E-state index in [-0.39, 0.29) is 5.60 Å². The average molecular weight is 287 g/mol. The van der Waals surface area contributed by atoms with E-state index in [2.05, 4.69) is 43.4 Å². The molecular weight excluding hydrogens is 258 g/mol. The monoisotopic (exact) mass is 287 g/mol.